The summed E-state index contributed by atoms with van der Waals surface area (Å²) >= 11 is 1.83. The molecule has 1 aliphatic rings. The van der Waals surface area contributed by atoms with Crippen molar-refractivity contribution in [1.82, 2.24) is 15.6 Å². The van der Waals surface area contributed by atoms with Crippen molar-refractivity contribution in [3.05, 3.63) is 46.3 Å². The summed E-state index contributed by atoms with van der Waals surface area (Å²) in [5.41, 5.74) is 1.08. The van der Waals surface area contributed by atoms with Crippen LogP contribution in [0.25, 0.3) is 0 Å². The molecule has 1 saturated heterocycles. The van der Waals surface area contributed by atoms with Crippen molar-refractivity contribution < 1.29 is 0 Å². The second-order valence-corrected chi connectivity index (χ2v) is 8.68. The van der Waals surface area contributed by atoms with Gasteiger partial charge in [0, 0.05) is 42.8 Å². The quantitative estimate of drug-likeness (QED) is 0.548. The Hall–Kier alpha value is -2.08. The van der Waals surface area contributed by atoms with E-state index in [-0.39, 0.29) is 0 Å². The molecule has 1 unspecified atom stereocenters. The number of aliphatic imine (C=N–C) groups is 1. The zero-order chi connectivity index (χ0) is 19.8. The van der Waals surface area contributed by atoms with Crippen molar-refractivity contribution in [1.29, 1.82) is 0 Å². The zero-order valence-electron chi connectivity index (χ0n) is 17.3. The second-order valence-electron chi connectivity index (χ2n) is 7.65. The van der Waals surface area contributed by atoms with Crippen LogP contribution in [0.4, 0.5) is 5.82 Å². The van der Waals surface area contributed by atoms with Gasteiger partial charge in [-0.05, 0) is 62.6 Å². The molecule has 2 aromatic heterocycles. The Morgan fingerprint density at radius 3 is 2.79 bits per heavy atom. The minimum atomic E-state index is 0.464. The Kier molecular flexibility index (Phi) is 7.71. The molecule has 0 bridgehead atoms. The van der Waals surface area contributed by atoms with Crippen molar-refractivity contribution in [2.24, 2.45) is 10.9 Å². The molecule has 28 heavy (non-hydrogen) atoms. The van der Waals surface area contributed by atoms with E-state index in [0.717, 1.165) is 62.9 Å². The van der Waals surface area contributed by atoms with E-state index in [9.17, 15) is 0 Å². The Balaban J connectivity index is 1.49. The van der Waals surface area contributed by atoms with Gasteiger partial charge < -0.3 is 15.5 Å². The molecule has 2 aromatic rings. The van der Waals surface area contributed by atoms with Crippen LogP contribution in [0.3, 0.4) is 0 Å². The average molecular weight is 400 g/mol. The van der Waals surface area contributed by atoms with E-state index in [1.54, 1.807) is 0 Å². The molecule has 2 N–H and O–H groups in total. The Labute approximate surface area is 173 Å². The third-order valence-corrected chi connectivity index (χ3v) is 5.97. The van der Waals surface area contributed by atoms with Gasteiger partial charge in [0.1, 0.15) is 5.82 Å². The van der Waals surface area contributed by atoms with Crippen LogP contribution >= 0.6 is 11.3 Å². The van der Waals surface area contributed by atoms with Gasteiger partial charge in [-0.15, -0.1) is 11.3 Å². The van der Waals surface area contributed by atoms with Crippen LogP contribution in [-0.4, -0.2) is 43.2 Å². The molecule has 0 aliphatic carbocycles. The number of hydrogen-bond donors (Lipinski definition) is 2. The summed E-state index contributed by atoms with van der Waals surface area (Å²) in [6, 6.07) is 11.1. The maximum Gasteiger partial charge on any atom is 0.191 e. The van der Waals surface area contributed by atoms with Gasteiger partial charge >= 0.3 is 0 Å². The van der Waals surface area contributed by atoms with Gasteiger partial charge in [-0.1, -0.05) is 19.1 Å². The van der Waals surface area contributed by atoms with Crippen molar-refractivity contribution >= 4 is 23.1 Å². The highest BCUT2D eigenvalue weighted by molar-refractivity contribution is 7.09. The highest BCUT2D eigenvalue weighted by atomic mass is 32.1. The lowest BCUT2D eigenvalue weighted by Gasteiger charge is -2.34. The largest absolute Gasteiger partial charge is 0.357 e. The SMILES string of the molecule is CCNC(=NCC(C)Cc1cccs1)NC1CCN(c2cccc(C)n2)CC1. The van der Waals surface area contributed by atoms with Crippen LogP contribution in [0.5, 0.6) is 0 Å². The lowest BCUT2D eigenvalue weighted by atomic mass is 10.1. The fourth-order valence-electron chi connectivity index (χ4n) is 3.55. The molecule has 0 saturated carbocycles. The van der Waals surface area contributed by atoms with E-state index in [0.29, 0.717) is 12.0 Å². The number of guanidine groups is 1. The van der Waals surface area contributed by atoms with Gasteiger partial charge in [0.15, 0.2) is 5.96 Å². The molecule has 1 fully saturated rings. The summed E-state index contributed by atoms with van der Waals surface area (Å²) in [6.45, 7) is 10.2. The Morgan fingerprint density at radius 1 is 1.29 bits per heavy atom. The number of aryl methyl sites for hydroxylation is 1. The lowest BCUT2D eigenvalue weighted by molar-refractivity contribution is 0.458. The fourth-order valence-corrected chi connectivity index (χ4v) is 4.42. The number of rotatable bonds is 7. The first-order chi connectivity index (χ1) is 13.6. The van der Waals surface area contributed by atoms with Crippen LogP contribution < -0.4 is 15.5 Å². The monoisotopic (exact) mass is 399 g/mol. The van der Waals surface area contributed by atoms with Crippen LogP contribution in [-0.2, 0) is 6.42 Å². The van der Waals surface area contributed by atoms with Gasteiger partial charge in [0.25, 0.3) is 0 Å². The number of pyridine rings is 1. The van der Waals surface area contributed by atoms with Crippen LogP contribution in [0.15, 0.2) is 40.7 Å². The number of nitrogens with one attached hydrogen (secondary N) is 2. The molecule has 0 radical (unpaired) electrons. The summed E-state index contributed by atoms with van der Waals surface area (Å²) < 4.78 is 0. The molecule has 0 amide bonds. The van der Waals surface area contributed by atoms with Crippen LogP contribution in [0.2, 0.25) is 0 Å². The molecular formula is C22H33N5S. The molecule has 1 atom stereocenters. The molecule has 1 aliphatic heterocycles. The van der Waals surface area contributed by atoms with E-state index in [1.807, 2.05) is 11.3 Å². The number of thiophene rings is 1. The summed E-state index contributed by atoms with van der Waals surface area (Å²) in [5.74, 6) is 2.59. The molecule has 3 heterocycles. The second kappa shape index (κ2) is 10.5. The molecule has 0 aromatic carbocycles. The molecule has 5 nitrogen and oxygen atoms in total. The highest BCUT2D eigenvalue weighted by Crippen LogP contribution is 2.18. The number of hydrogen-bond acceptors (Lipinski definition) is 4. The summed E-state index contributed by atoms with van der Waals surface area (Å²) in [7, 11) is 0. The third kappa shape index (κ3) is 6.23. The maximum absolute atomic E-state index is 4.85. The summed E-state index contributed by atoms with van der Waals surface area (Å²) in [6.07, 6.45) is 3.30. The number of nitrogens with zero attached hydrogens (tertiary/aromatic N) is 3. The first-order valence-electron chi connectivity index (χ1n) is 10.4. The first-order valence-corrected chi connectivity index (χ1v) is 11.3. The summed E-state index contributed by atoms with van der Waals surface area (Å²) in [5, 5.41) is 9.21. The lowest BCUT2D eigenvalue weighted by Crippen LogP contribution is -2.49. The van der Waals surface area contributed by atoms with Crippen LogP contribution in [0.1, 0.15) is 37.3 Å². The highest BCUT2D eigenvalue weighted by Gasteiger charge is 2.21. The van der Waals surface area contributed by atoms with Gasteiger partial charge in [0.05, 0.1) is 0 Å². The van der Waals surface area contributed by atoms with Gasteiger partial charge in [0.2, 0.25) is 0 Å². The molecule has 6 heteroatoms. The Morgan fingerprint density at radius 2 is 2.11 bits per heavy atom. The van der Waals surface area contributed by atoms with Gasteiger partial charge in [-0.3, -0.25) is 4.99 Å². The van der Waals surface area contributed by atoms with Crippen molar-refractivity contribution in [2.75, 3.05) is 31.1 Å². The third-order valence-electron chi connectivity index (χ3n) is 5.07. The predicted octanol–water partition coefficient (Wildman–Crippen LogP) is 3.85. The van der Waals surface area contributed by atoms with E-state index in [1.165, 1.54) is 4.88 Å². The first kappa shape index (κ1) is 20.6. The van der Waals surface area contributed by atoms with Crippen molar-refractivity contribution in [2.45, 2.75) is 46.1 Å². The smallest absolute Gasteiger partial charge is 0.191 e. The van der Waals surface area contributed by atoms with Gasteiger partial charge in [-0.25, -0.2) is 4.98 Å². The number of aromatic nitrogens is 1. The zero-order valence-corrected chi connectivity index (χ0v) is 18.1. The minimum absolute atomic E-state index is 0.464. The van der Waals surface area contributed by atoms with E-state index in [4.69, 9.17) is 4.99 Å². The molecule has 152 valence electrons. The molecular weight excluding hydrogens is 366 g/mol. The van der Waals surface area contributed by atoms with E-state index in [2.05, 4.69) is 77.0 Å². The molecule has 3 rings (SSSR count). The fraction of sp³-hybridized carbons (Fsp3) is 0.545. The van der Waals surface area contributed by atoms with Crippen molar-refractivity contribution in [3.8, 4) is 0 Å². The molecule has 0 spiro atoms. The number of piperidine rings is 1. The van der Waals surface area contributed by atoms with Crippen LogP contribution in [0, 0.1) is 12.8 Å². The maximum atomic E-state index is 4.85. The normalized spacial score (nSPS) is 16.8. The van der Waals surface area contributed by atoms with Crippen molar-refractivity contribution in [3.63, 3.8) is 0 Å². The van der Waals surface area contributed by atoms with E-state index >= 15 is 0 Å². The topological polar surface area (TPSA) is 52.6 Å². The van der Waals surface area contributed by atoms with Gasteiger partial charge in [-0.2, -0.15) is 0 Å². The average Bonchev–Trinajstić information content (AvgIpc) is 3.20. The summed E-state index contributed by atoms with van der Waals surface area (Å²) in [4.78, 5) is 13.3. The minimum Gasteiger partial charge on any atom is -0.357 e. The predicted molar refractivity (Wildman–Crippen MR) is 121 cm³/mol. The number of anilines is 1. The Bertz CT molecular complexity index is 735. The van der Waals surface area contributed by atoms with E-state index < -0.39 is 0 Å². The standard InChI is InChI=1S/C22H33N5S/c1-4-23-22(24-16-17(2)15-20-8-6-14-28-20)26-19-10-12-27(13-11-19)21-9-5-7-18(3)25-21/h5-9,14,17,19H,4,10-13,15-16H2,1-3H3,(H2,23,24,26).